The molecule has 1 aromatic carbocycles. The number of hydrogen-bond donors (Lipinski definition) is 2. The minimum atomic E-state index is 0.117. The van der Waals surface area contributed by atoms with Gasteiger partial charge in [-0.15, -0.1) is 0 Å². The maximum Gasteiger partial charge on any atom is 0.227 e. The second kappa shape index (κ2) is 6.34. The van der Waals surface area contributed by atoms with Crippen LogP contribution >= 0.6 is 38.5 Å². The monoisotopic (exact) mass is 422 g/mol. The molecule has 0 bridgehead atoms. The van der Waals surface area contributed by atoms with E-state index in [-0.39, 0.29) is 11.8 Å². The molecular weight excluding hydrogens is 407 g/mol. The Morgan fingerprint density at radius 1 is 1.56 bits per heavy atom. The van der Waals surface area contributed by atoms with E-state index < -0.39 is 0 Å². The topological polar surface area (TPSA) is 41.1 Å². The highest BCUT2D eigenvalue weighted by Crippen LogP contribution is 2.26. The zero-order valence-electron chi connectivity index (χ0n) is 10.2. The van der Waals surface area contributed by atoms with Crippen LogP contribution in [0.3, 0.4) is 0 Å². The summed E-state index contributed by atoms with van der Waals surface area (Å²) in [6.45, 7) is 3.05. The summed E-state index contributed by atoms with van der Waals surface area (Å²) in [6, 6.07) is 6.37. The van der Waals surface area contributed by atoms with E-state index in [2.05, 4.69) is 56.1 Å². The van der Waals surface area contributed by atoms with Gasteiger partial charge < -0.3 is 10.6 Å². The van der Waals surface area contributed by atoms with E-state index in [0.29, 0.717) is 6.04 Å². The van der Waals surface area contributed by atoms with Crippen molar-refractivity contribution < 1.29 is 4.79 Å². The van der Waals surface area contributed by atoms with Gasteiger partial charge in [-0.05, 0) is 83.0 Å². The molecule has 1 heterocycles. The van der Waals surface area contributed by atoms with E-state index in [4.69, 9.17) is 0 Å². The number of carbonyl (C=O) groups is 1. The molecule has 0 aromatic heterocycles. The number of hydrogen-bond acceptors (Lipinski definition) is 2. The Morgan fingerprint density at radius 2 is 2.33 bits per heavy atom. The quantitative estimate of drug-likeness (QED) is 0.717. The lowest BCUT2D eigenvalue weighted by Gasteiger charge is -2.27. The van der Waals surface area contributed by atoms with Gasteiger partial charge in [0.15, 0.2) is 0 Å². The van der Waals surface area contributed by atoms with E-state index >= 15 is 0 Å². The largest absolute Gasteiger partial charge is 0.325 e. The first-order chi connectivity index (χ1) is 8.56. The zero-order chi connectivity index (χ0) is 13.1. The molecule has 1 aromatic rings. The lowest BCUT2D eigenvalue weighted by Crippen LogP contribution is -2.40. The summed E-state index contributed by atoms with van der Waals surface area (Å²) in [6.07, 6.45) is 1.82. The second-order valence-electron chi connectivity index (χ2n) is 4.69. The second-order valence-corrected chi connectivity index (χ2v) is 6.79. The van der Waals surface area contributed by atoms with E-state index in [0.717, 1.165) is 33.1 Å². The molecule has 0 saturated carbocycles. The van der Waals surface area contributed by atoms with Gasteiger partial charge in [0.2, 0.25) is 5.91 Å². The van der Waals surface area contributed by atoms with Crippen molar-refractivity contribution in [3.8, 4) is 0 Å². The van der Waals surface area contributed by atoms with Crippen LogP contribution in [0.15, 0.2) is 22.7 Å². The minimum Gasteiger partial charge on any atom is -0.325 e. The van der Waals surface area contributed by atoms with Crippen molar-refractivity contribution in [2.24, 2.45) is 5.92 Å². The fourth-order valence-corrected chi connectivity index (χ4v) is 3.04. The van der Waals surface area contributed by atoms with E-state index in [1.807, 2.05) is 18.2 Å². The third kappa shape index (κ3) is 3.68. The first-order valence-corrected chi connectivity index (χ1v) is 7.92. The summed E-state index contributed by atoms with van der Waals surface area (Å²) in [5, 5.41) is 6.38. The van der Waals surface area contributed by atoms with Crippen LogP contribution in [0.4, 0.5) is 5.69 Å². The number of rotatable bonds is 2. The van der Waals surface area contributed by atoms with Crippen LogP contribution in [0, 0.1) is 9.49 Å². The molecule has 1 saturated heterocycles. The molecular formula is C13H16BrIN2O. The Labute approximate surface area is 129 Å². The highest BCUT2D eigenvalue weighted by Gasteiger charge is 2.25. The summed E-state index contributed by atoms with van der Waals surface area (Å²) in [5.74, 6) is 0.247. The molecule has 2 N–H and O–H groups in total. The van der Waals surface area contributed by atoms with Crippen molar-refractivity contribution >= 4 is 50.1 Å². The van der Waals surface area contributed by atoms with Gasteiger partial charge in [0.05, 0.1) is 5.69 Å². The van der Waals surface area contributed by atoms with Gasteiger partial charge in [0.25, 0.3) is 0 Å². The summed E-state index contributed by atoms with van der Waals surface area (Å²) in [4.78, 5) is 12.2. The normalized spacial score (nSPS) is 23.7. The fraction of sp³-hybridized carbons (Fsp3) is 0.462. The zero-order valence-corrected chi connectivity index (χ0v) is 13.9. The SMILES string of the molecule is CC1CC(C(=O)Nc2cc(I)ccc2Br)CCN1. The Bertz CT molecular complexity index is 453. The molecule has 18 heavy (non-hydrogen) atoms. The standard InChI is InChI=1S/C13H16BrIN2O/c1-8-6-9(4-5-16-8)13(18)17-12-7-10(15)2-3-11(12)14/h2-3,7-9,16H,4-6H2,1H3,(H,17,18). The molecule has 1 fully saturated rings. The van der Waals surface area contributed by atoms with Crippen molar-refractivity contribution in [1.82, 2.24) is 5.32 Å². The first kappa shape index (κ1) is 14.3. The lowest BCUT2D eigenvalue weighted by atomic mass is 9.92. The number of anilines is 1. The minimum absolute atomic E-state index is 0.117. The molecule has 0 spiro atoms. The molecule has 1 aliphatic rings. The fourth-order valence-electron chi connectivity index (χ4n) is 2.20. The summed E-state index contributed by atoms with van der Waals surface area (Å²) < 4.78 is 2.04. The predicted molar refractivity (Wildman–Crippen MR) is 85.7 cm³/mol. The van der Waals surface area contributed by atoms with E-state index in [1.165, 1.54) is 0 Å². The van der Waals surface area contributed by atoms with Crippen molar-refractivity contribution in [3.05, 3.63) is 26.2 Å². The number of carbonyl (C=O) groups excluding carboxylic acids is 1. The molecule has 2 rings (SSSR count). The number of piperidine rings is 1. The van der Waals surface area contributed by atoms with Crippen LogP contribution in [0.2, 0.25) is 0 Å². The Hall–Kier alpha value is -0.140. The van der Waals surface area contributed by atoms with Gasteiger partial charge in [-0.2, -0.15) is 0 Å². The first-order valence-electron chi connectivity index (χ1n) is 6.05. The molecule has 98 valence electrons. The summed E-state index contributed by atoms with van der Waals surface area (Å²) in [7, 11) is 0. The molecule has 0 aliphatic carbocycles. The Balaban J connectivity index is 2.04. The lowest BCUT2D eigenvalue weighted by molar-refractivity contribution is -0.120. The number of halogens is 2. The van der Waals surface area contributed by atoms with Crippen LogP contribution < -0.4 is 10.6 Å². The maximum absolute atomic E-state index is 12.2. The van der Waals surface area contributed by atoms with Crippen LogP contribution in [0.1, 0.15) is 19.8 Å². The molecule has 5 heteroatoms. The average molecular weight is 423 g/mol. The molecule has 2 unspecified atom stereocenters. The molecule has 1 aliphatic heterocycles. The van der Waals surface area contributed by atoms with Gasteiger partial charge in [-0.1, -0.05) is 0 Å². The van der Waals surface area contributed by atoms with Crippen molar-refractivity contribution in [1.29, 1.82) is 0 Å². The smallest absolute Gasteiger partial charge is 0.227 e. The average Bonchev–Trinajstić information content (AvgIpc) is 2.34. The number of benzene rings is 1. The van der Waals surface area contributed by atoms with Gasteiger partial charge >= 0.3 is 0 Å². The van der Waals surface area contributed by atoms with Crippen molar-refractivity contribution in [3.63, 3.8) is 0 Å². The van der Waals surface area contributed by atoms with Gasteiger partial charge in [0.1, 0.15) is 0 Å². The van der Waals surface area contributed by atoms with Gasteiger partial charge in [0, 0.05) is 20.0 Å². The third-order valence-corrected chi connectivity index (χ3v) is 4.54. The van der Waals surface area contributed by atoms with E-state index in [9.17, 15) is 4.79 Å². The van der Waals surface area contributed by atoms with E-state index in [1.54, 1.807) is 0 Å². The molecule has 3 nitrogen and oxygen atoms in total. The highest BCUT2D eigenvalue weighted by molar-refractivity contribution is 14.1. The van der Waals surface area contributed by atoms with Crippen molar-refractivity contribution in [2.75, 3.05) is 11.9 Å². The molecule has 2 atom stereocenters. The van der Waals surface area contributed by atoms with Crippen molar-refractivity contribution in [2.45, 2.75) is 25.8 Å². The van der Waals surface area contributed by atoms with Crippen LogP contribution in [-0.4, -0.2) is 18.5 Å². The van der Waals surface area contributed by atoms with Crippen LogP contribution in [0.5, 0.6) is 0 Å². The molecule has 1 amide bonds. The number of nitrogens with one attached hydrogen (secondary N) is 2. The predicted octanol–water partition coefficient (Wildman–Crippen LogP) is 3.38. The summed E-state index contributed by atoms with van der Waals surface area (Å²) >= 11 is 5.71. The Kier molecular flexibility index (Phi) is 5.03. The third-order valence-electron chi connectivity index (χ3n) is 3.18. The number of amides is 1. The maximum atomic E-state index is 12.2. The van der Waals surface area contributed by atoms with Gasteiger partial charge in [-0.25, -0.2) is 0 Å². The van der Waals surface area contributed by atoms with Crippen LogP contribution in [0.25, 0.3) is 0 Å². The van der Waals surface area contributed by atoms with Crippen LogP contribution in [-0.2, 0) is 4.79 Å². The summed E-state index contributed by atoms with van der Waals surface area (Å²) in [5.41, 5.74) is 0.859. The van der Waals surface area contributed by atoms with Gasteiger partial charge in [-0.3, -0.25) is 4.79 Å². The highest BCUT2D eigenvalue weighted by atomic mass is 127. The Morgan fingerprint density at radius 3 is 3.06 bits per heavy atom. The molecule has 0 radical (unpaired) electrons.